The Hall–Kier alpha value is -3.99. The van der Waals surface area contributed by atoms with Gasteiger partial charge in [-0.05, 0) is 12.8 Å². The fourth-order valence-corrected chi connectivity index (χ4v) is 2.46. The van der Waals surface area contributed by atoms with E-state index in [-0.39, 0.29) is 25.3 Å². The second-order valence-electron chi connectivity index (χ2n) is 7.03. The molecule has 0 aliphatic rings. The highest BCUT2D eigenvalue weighted by Gasteiger charge is 2.31. The van der Waals surface area contributed by atoms with Crippen molar-refractivity contribution in [3.05, 3.63) is 0 Å². The average Bonchev–Trinajstić information content (AvgIpc) is 2.72. The van der Waals surface area contributed by atoms with E-state index in [0.29, 0.717) is 0 Å². The maximum Gasteiger partial charge on any atom is 0.326 e. The third-order valence-electron chi connectivity index (χ3n) is 4.14. The number of hydrogen-bond donors (Lipinski definition) is 10. The van der Waals surface area contributed by atoms with Crippen molar-refractivity contribution in [2.75, 3.05) is 13.2 Å². The molecule has 192 valence electrons. The second-order valence-corrected chi connectivity index (χ2v) is 7.03. The van der Waals surface area contributed by atoms with Crippen molar-refractivity contribution in [1.82, 2.24) is 16.0 Å². The molecule has 17 heteroatoms. The summed E-state index contributed by atoms with van der Waals surface area (Å²) < 4.78 is 0. The van der Waals surface area contributed by atoms with Gasteiger partial charge in [0.2, 0.25) is 23.6 Å². The third-order valence-corrected chi connectivity index (χ3v) is 4.14. The van der Waals surface area contributed by atoms with E-state index in [1.165, 1.54) is 0 Å². The predicted octanol–water partition coefficient (Wildman–Crippen LogP) is -5.75. The second kappa shape index (κ2) is 15.0. The molecule has 0 bridgehead atoms. The topological polar surface area (TPSA) is 316 Å². The summed E-state index contributed by atoms with van der Waals surface area (Å²) in [6.45, 7) is -0.744. The van der Waals surface area contributed by atoms with Gasteiger partial charge in [0.1, 0.15) is 24.2 Å². The van der Waals surface area contributed by atoms with Crippen LogP contribution in [0.2, 0.25) is 0 Å². The fourth-order valence-electron chi connectivity index (χ4n) is 2.46. The van der Waals surface area contributed by atoms with Crippen molar-refractivity contribution < 1.29 is 44.1 Å². The standard InChI is InChI=1S/C17H30N8O9/c18-7(6-26)13(30)24-9(5-12(28)29)15(32)23-8(2-1-3-22-17(20)21)14(31)25-10(16(33)34)4-11(19)27/h7-10,26H,1-6,18H2,(H2,19,27)(H,23,32)(H,24,30)(H,25,31)(H,28,29)(H,33,34)(H4,20,21,22). The number of carboxylic acids is 2. The minimum atomic E-state index is -1.70. The van der Waals surface area contributed by atoms with Gasteiger partial charge in [-0.2, -0.15) is 0 Å². The number of primary amides is 1. The minimum absolute atomic E-state index is 0.0340. The van der Waals surface area contributed by atoms with Crippen LogP contribution in [0, 0.1) is 0 Å². The van der Waals surface area contributed by atoms with Gasteiger partial charge in [-0.1, -0.05) is 0 Å². The molecule has 0 aliphatic heterocycles. The van der Waals surface area contributed by atoms with Crippen LogP contribution in [-0.2, 0) is 28.8 Å². The number of carboxylic acid groups (broad SMARTS) is 2. The van der Waals surface area contributed by atoms with Crippen molar-refractivity contribution >= 4 is 41.5 Å². The molecule has 0 aromatic carbocycles. The van der Waals surface area contributed by atoms with Crippen LogP contribution < -0.4 is 38.9 Å². The van der Waals surface area contributed by atoms with Gasteiger partial charge in [0.05, 0.1) is 19.4 Å². The molecule has 0 aliphatic carbocycles. The zero-order valence-corrected chi connectivity index (χ0v) is 18.1. The van der Waals surface area contributed by atoms with Gasteiger partial charge in [0.15, 0.2) is 5.96 Å². The average molecular weight is 490 g/mol. The number of carbonyl (C=O) groups is 6. The van der Waals surface area contributed by atoms with Crippen LogP contribution in [-0.4, -0.2) is 94.2 Å². The van der Waals surface area contributed by atoms with Gasteiger partial charge in [-0.3, -0.25) is 29.0 Å². The van der Waals surface area contributed by atoms with E-state index in [4.69, 9.17) is 33.1 Å². The summed E-state index contributed by atoms with van der Waals surface area (Å²) in [5.74, 6) is -7.44. The Morgan fingerprint density at radius 2 is 1.32 bits per heavy atom. The first-order chi connectivity index (χ1) is 15.8. The molecular formula is C17H30N8O9. The molecule has 34 heavy (non-hydrogen) atoms. The first-order valence-corrected chi connectivity index (χ1v) is 9.84. The van der Waals surface area contributed by atoms with Crippen LogP contribution in [0.5, 0.6) is 0 Å². The molecule has 0 saturated heterocycles. The summed E-state index contributed by atoms with van der Waals surface area (Å²) >= 11 is 0. The van der Waals surface area contributed by atoms with E-state index in [2.05, 4.69) is 20.9 Å². The van der Waals surface area contributed by atoms with E-state index >= 15 is 0 Å². The zero-order valence-electron chi connectivity index (χ0n) is 18.1. The van der Waals surface area contributed by atoms with Crippen LogP contribution in [0.15, 0.2) is 4.99 Å². The third kappa shape index (κ3) is 12.2. The lowest BCUT2D eigenvalue weighted by atomic mass is 10.1. The molecule has 14 N–H and O–H groups in total. The Bertz CT molecular complexity index is 800. The van der Waals surface area contributed by atoms with Crippen LogP contribution in [0.4, 0.5) is 0 Å². The first kappa shape index (κ1) is 30.0. The lowest BCUT2D eigenvalue weighted by Crippen LogP contribution is -2.58. The van der Waals surface area contributed by atoms with Gasteiger partial charge in [-0.15, -0.1) is 0 Å². The molecule has 0 radical (unpaired) electrons. The van der Waals surface area contributed by atoms with E-state index in [0.717, 1.165) is 0 Å². The summed E-state index contributed by atoms with van der Waals surface area (Å²) in [7, 11) is 0. The maximum absolute atomic E-state index is 12.6. The smallest absolute Gasteiger partial charge is 0.326 e. The van der Waals surface area contributed by atoms with Crippen molar-refractivity contribution in [2.24, 2.45) is 27.9 Å². The summed E-state index contributed by atoms with van der Waals surface area (Å²) in [5, 5.41) is 33.5. The molecule has 4 amide bonds. The molecule has 0 rings (SSSR count). The molecule has 0 saturated carbocycles. The molecular weight excluding hydrogens is 460 g/mol. The molecule has 0 fully saturated rings. The van der Waals surface area contributed by atoms with Crippen LogP contribution in [0.3, 0.4) is 0 Å². The van der Waals surface area contributed by atoms with Crippen molar-refractivity contribution in [2.45, 2.75) is 49.9 Å². The number of rotatable bonds is 16. The largest absolute Gasteiger partial charge is 0.481 e. The van der Waals surface area contributed by atoms with E-state index < -0.39 is 79.2 Å². The zero-order chi connectivity index (χ0) is 26.4. The van der Waals surface area contributed by atoms with E-state index in [1.807, 2.05) is 0 Å². The van der Waals surface area contributed by atoms with Crippen LogP contribution >= 0.6 is 0 Å². The van der Waals surface area contributed by atoms with Crippen molar-refractivity contribution in [1.29, 1.82) is 0 Å². The highest BCUT2D eigenvalue weighted by atomic mass is 16.4. The van der Waals surface area contributed by atoms with E-state index in [1.54, 1.807) is 0 Å². The Morgan fingerprint density at radius 3 is 1.79 bits per heavy atom. The quantitative estimate of drug-likeness (QED) is 0.0549. The fraction of sp³-hybridized carbons (Fsp3) is 0.588. The van der Waals surface area contributed by atoms with Crippen LogP contribution in [0.25, 0.3) is 0 Å². The van der Waals surface area contributed by atoms with Gasteiger partial charge in [-0.25, -0.2) is 4.79 Å². The summed E-state index contributed by atoms with van der Waals surface area (Å²) in [6.07, 6.45) is -1.64. The number of hydrogen-bond acceptors (Lipinski definition) is 9. The Labute approximate surface area is 193 Å². The maximum atomic E-state index is 12.6. The number of nitrogens with two attached hydrogens (primary N) is 4. The number of nitrogens with one attached hydrogen (secondary N) is 3. The normalized spacial score (nSPS) is 13.9. The Morgan fingerprint density at radius 1 is 0.794 bits per heavy atom. The molecule has 4 atom stereocenters. The van der Waals surface area contributed by atoms with Crippen molar-refractivity contribution in [3.8, 4) is 0 Å². The lowest BCUT2D eigenvalue weighted by Gasteiger charge is -2.24. The number of carbonyl (C=O) groups excluding carboxylic acids is 4. The van der Waals surface area contributed by atoms with Crippen LogP contribution in [0.1, 0.15) is 25.7 Å². The van der Waals surface area contributed by atoms with Gasteiger partial charge < -0.3 is 54.2 Å². The number of aliphatic hydroxyl groups excluding tert-OH is 1. The number of guanidine groups is 1. The number of aliphatic imine (C=N–C) groups is 1. The highest BCUT2D eigenvalue weighted by Crippen LogP contribution is 2.04. The number of nitrogens with zero attached hydrogens (tertiary/aromatic N) is 1. The SMILES string of the molecule is NC(=O)CC(NC(=O)C(CCCN=C(N)N)NC(=O)C(CC(=O)O)NC(=O)C(N)CO)C(=O)O. The van der Waals surface area contributed by atoms with Gasteiger partial charge in [0, 0.05) is 6.54 Å². The Kier molecular flexibility index (Phi) is 13.2. The molecule has 17 nitrogen and oxygen atoms in total. The highest BCUT2D eigenvalue weighted by molar-refractivity contribution is 5.96. The van der Waals surface area contributed by atoms with Gasteiger partial charge in [0.25, 0.3) is 0 Å². The Balaban J connectivity index is 5.63. The molecule has 0 heterocycles. The van der Waals surface area contributed by atoms with Crippen molar-refractivity contribution in [3.63, 3.8) is 0 Å². The molecule has 0 aromatic rings. The monoisotopic (exact) mass is 490 g/mol. The number of aliphatic carboxylic acids is 2. The number of aliphatic hydroxyl groups is 1. The summed E-state index contributed by atoms with van der Waals surface area (Å²) in [5.41, 5.74) is 20.7. The first-order valence-electron chi connectivity index (χ1n) is 9.84. The van der Waals surface area contributed by atoms with Gasteiger partial charge >= 0.3 is 11.9 Å². The number of amides is 4. The summed E-state index contributed by atoms with van der Waals surface area (Å²) in [6, 6.07) is -6.25. The van der Waals surface area contributed by atoms with E-state index in [9.17, 15) is 33.9 Å². The predicted molar refractivity (Wildman–Crippen MR) is 114 cm³/mol. The molecule has 4 unspecified atom stereocenters. The molecule has 0 aromatic heterocycles. The molecule has 0 spiro atoms. The summed E-state index contributed by atoms with van der Waals surface area (Å²) in [4.78, 5) is 74.4. The lowest BCUT2D eigenvalue weighted by molar-refractivity contribution is -0.144. The minimum Gasteiger partial charge on any atom is -0.481 e.